The van der Waals surface area contributed by atoms with Gasteiger partial charge in [0.1, 0.15) is 12.4 Å². The lowest BCUT2D eigenvalue weighted by atomic mass is 10.0. The molecule has 2 amide bonds. The van der Waals surface area contributed by atoms with Crippen molar-refractivity contribution in [1.29, 1.82) is 0 Å². The van der Waals surface area contributed by atoms with Gasteiger partial charge in [0.15, 0.2) is 0 Å². The van der Waals surface area contributed by atoms with Gasteiger partial charge >= 0.3 is 6.03 Å². The molecule has 1 heterocycles. The molecule has 0 aliphatic carbocycles. The molecular weight excluding hydrogens is 278 g/mol. The molecule has 0 spiro atoms. The van der Waals surface area contributed by atoms with E-state index in [-0.39, 0.29) is 12.1 Å². The van der Waals surface area contributed by atoms with E-state index in [4.69, 9.17) is 4.74 Å². The second kappa shape index (κ2) is 8.03. The highest BCUT2D eigenvalue weighted by atomic mass is 16.5. The number of para-hydroxylation sites is 1. The van der Waals surface area contributed by atoms with Gasteiger partial charge in [0, 0.05) is 13.1 Å². The van der Waals surface area contributed by atoms with Gasteiger partial charge in [0.2, 0.25) is 0 Å². The van der Waals surface area contributed by atoms with Crippen molar-refractivity contribution in [2.45, 2.75) is 25.8 Å². The zero-order valence-corrected chi connectivity index (χ0v) is 13.8. The maximum atomic E-state index is 12.4. The molecule has 5 heteroatoms. The fraction of sp³-hybridized carbons (Fsp3) is 0.588. The van der Waals surface area contributed by atoms with Crippen LogP contribution in [0.25, 0.3) is 0 Å². The van der Waals surface area contributed by atoms with Crippen molar-refractivity contribution in [2.75, 3.05) is 40.3 Å². The number of hydrogen-bond donors (Lipinski definition) is 1. The molecule has 1 atom stereocenters. The van der Waals surface area contributed by atoms with Crippen LogP contribution in [0.1, 0.15) is 18.9 Å². The minimum atomic E-state index is 0.00855. The second-order valence-corrected chi connectivity index (χ2v) is 6.01. The van der Waals surface area contributed by atoms with E-state index in [2.05, 4.69) is 16.3 Å². The van der Waals surface area contributed by atoms with Gasteiger partial charge in [-0.25, -0.2) is 4.79 Å². The zero-order valence-electron chi connectivity index (χ0n) is 13.8. The number of fused-ring (bicyclic) bond motifs is 1. The fourth-order valence-corrected chi connectivity index (χ4v) is 2.67. The Morgan fingerprint density at radius 2 is 2.09 bits per heavy atom. The van der Waals surface area contributed by atoms with Crippen LogP contribution in [0.5, 0.6) is 5.75 Å². The normalized spacial score (nSPS) is 16.8. The van der Waals surface area contributed by atoms with Crippen LogP contribution in [-0.4, -0.2) is 62.2 Å². The van der Waals surface area contributed by atoms with Crippen LogP contribution in [0.4, 0.5) is 4.79 Å². The third-order valence-corrected chi connectivity index (χ3v) is 3.91. The van der Waals surface area contributed by atoms with Crippen LogP contribution in [-0.2, 0) is 6.42 Å². The molecule has 122 valence electrons. The van der Waals surface area contributed by atoms with E-state index in [1.165, 1.54) is 0 Å². The summed E-state index contributed by atoms with van der Waals surface area (Å²) in [4.78, 5) is 16.4. The minimum Gasteiger partial charge on any atom is -0.491 e. The van der Waals surface area contributed by atoms with Gasteiger partial charge in [0.05, 0.1) is 6.04 Å². The second-order valence-electron chi connectivity index (χ2n) is 6.01. The van der Waals surface area contributed by atoms with Gasteiger partial charge in [-0.3, -0.25) is 0 Å². The Labute approximate surface area is 133 Å². The summed E-state index contributed by atoms with van der Waals surface area (Å²) in [5.41, 5.74) is 1.16. The number of benzene rings is 1. The van der Waals surface area contributed by atoms with Crippen LogP contribution in [0.3, 0.4) is 0 Å². The Bertz CT molecular complexity index is 491. The van der Waals surface area contributed by atoms with Crippen molar-refractivity contribution in [3.8, 4) is 5.75 Å². The summed E-state index contributed by atoms with van der Waals surface area (Å²) < 4.78 is 5.72. The van der Waals surface area contributed by atoms with Crippen molar-refractivity contribution in [3.63, 3.8) is 0 Å². The van der Waals surface area contributed by atoms with Gasteiger partial charge in [-0.2, -0.15) is 0 Å². The number of ether oxygens (including phenoxy) is 1. The first-order valence-electron chi connectivity index (χ1n) is 8.01. The molecule has 0 fully saturated rings. The molecule has 0 saturated carbocycles. The van der Waals surface area contributed by atoms with Crippen molar-refractivity contribution in [2.24, 2.45) is 0 Å². The van der Waals surface area contributed by atoms with Crippen molar-refractivity contribution in [1.82, 2.24) is 15.1 Å². The predicted molar refractivity (Wildman–Crippen MR) is 88.4 cm³/mol. The molecule has 1 aliphatic heterocycles. The highest BCUT2D eigenvalue weighted by molar-refractivity contribution is 5.74. The quantitative estimate of drug-likeness (QED) is 0.874. The van der Waals surface area contributed by atoms with Crippen LogP contribution >= 0.6 is 0 Å². The Morgan fingerprint density at radius 3 is 2.82 bits per heavy atom. The molecule has 0 radical (unpaired) electrons. The lowest BCUT2D eigenvalue weighted by Gasteiger charge is -2.29. The Balaban J connectivity index is 1.83. The third-order valence-electron chi connectivity index (χ3n) is 3.91. The highest BCUT2D eigenvalue weighted by Crippen LogP contribution is 2.23. The first-order valence-corrected chi connectivity index (χ1v) is 8.01. The minimum absolute atomic E-state index is 0.00855. The largest absolute Gasteiger partial charge is 0.491 e. The fourth-order valence-electron chi connectivity index (χ4n) is 2.67. The Morgan fingerprint density at radius 1 is 1.32 bits per heavy atom. The first-order chi connectivity index (χ1) is 10.6. The molecule has 0 bridgehead atoms. The molecule has 1 unspecified atom stereocenters. The van der Waals surface area contributed by atoms with Crippen LogP contribution in [0, 0.1) is 0 Å². The van der Waals surface area contributed by atoms with Gasteiger partial charge in [0.25, 0.3) is 0 Å². The zero-order chi connectivity index (χ0) is 15.9. The predicted octanol–water partition coefficient (Wildman–Crippen LogP) is 1.97. The summed E-state index contributed by atoms with van der Waals surface area (Å²) >= 11 is 0. The Kier molecular flexibility index (Phi) is 6.07. The summed E-state index contributed by atoms with van der Waals surface area (Å²) in [6.07, 6.45) is 1.81. The number of rotatable bonds is 6. The number of carbonyl (C=O) groups excluding carboxylic acids is 1. The lowest BCUT2D eigenvalue weighted by Crippen LogP contribution is -2.49. The maximum Gasteiger partial charge on any atom is 0.317 e. The van der Waals surface area contributed by atoms with E-state index < -0.39 is 0 Å². The summed E-state index contributed by atoms with van der Waals surface area (Å²) in [6.45, 7) is 5.05. The van der Waals surface area contributed by atoms with Crippen molar-refractivity contribution < 1.29 is 9.53 Å². The third kappa shape index (κ3) is 4.63. The van der Waals surface area contributed by atoms with E-state index in [0.717, 1.165) is 43.8 Å². The number of nitrogens with one attached hydrogen (secondary N) is 1. The average molecular weight is 305 g/mol. The number of urea groups is 1. The Hall–Kier alpha value is -1.75. The monoisotopic (exact) mass is 305 g/mol. The molecule has 1 aromatic rings. The van der Waals surface area contributed by atoms with E-state index in [0.29, 0.717) is 6.61 Å². The molecule has 22 heavy (non-hydrogen) atoms. The summed E-state index contributed by atoms with van der Waals surface area (Å²) in [5, 5.41) is 3.10. The van der Waals surface area contributed by atoms with E-state index in [9.17, 15) is 4.79 Å². The van der Waals surface area contributed by atoms with Crippen molar-refractivity contribution >= 4 is 6.03 Å². The molecule has 0 aromatic heterocycles. The molecule has 2 rings (SSSR count). The summed E-state index contributed by atoms with van der Waals surface area (Å²) in [7, 11) is 4.10. The maximum absolute atomic E-state index is 12.4. The van der Waals surface area contributed by atoms with Gasteiger partial charge < -0.3 is 19.9 Å². The van der Waals surface area contributed by atoms with E-state index >= 15 is 0 Å². The van der Waals surface area contributed by atoms with Gasteiger partial charge in [-0.1, -0.05) is 18.2 Å². The molecule has 1 aromatic carbocycles. The molecule has 1 aliphatic rings. The van der Waals surface area contributed by atoms with E-state index in [1.54, 1.807) is 0 Å². The van der Waals surface area contributed by atoms with Crippen LogP contribution in [0.15, 0.2) is 24.3 Å². The molecule has 1 N–H and O–H groups in total. The number of hydrogen-bond acceptors (Lipinski definition) is 3. The number of carbonyl (C=O) groups is 1. The standard InChI is InChI=1S/C17H27N3O2/c1-4-20(11-7-10-19(2)3)17(21)18-15-12-14-8-5-6-9-16(14)22-13-15/h5-6,8-9,15H,4,7,10-13H2,1-3H3,(H,18,21). The number of amides is 2. The van der Waals surface area contributed by atoms with Gasteiger partial charge in [-0.05, 0) is 52.0 Å². The SMILES string of the molecule is CCN(CCCN(C)C)C(=O)NC1COc2ccccc2C1. The first kappa shape index (κ1) is 16.6. The van der Waals surface area contributed by atoms with Crippen molar-refractivity contribution in [3.05, 3.63) is 29.8 Å². The molecular formula is C17H27N3O2. The van der Waals surface area contributed by atoms with Gasteiger partial charge in [-0.15, -0.1) is 0 Å². The molecule has 0 saturated heterocycles. The topological polar surface area (TPSA) is 44.8 Å². The molecule has 5 nitrogen and oxygen atoms in total. The average Bonchev–Trinajstić information content (AvgIpc) is 2.51. The lowest BCUT2D eigenvalue weighted by molar-refractivity contribution is 0.180. The highest BCUT2D eigenvalue weighted by Gasteiger charge is 2.22. The van der Waals surface area contributed by atoms with Crippen LogP contribution in [0.2, 0.25) is 0 Å². The van der Waals surface area contributed by atoms with Crippen LogP contribution < -0.4 is 10.1 Å². The number of nitrogens with zero attached hydrogens (tertiary/aromatic N) is 2. The smallest absolute Gasteiger partial charge is 0.317 e. The summed E-state index contributed by atoms with van der Waals surface area (Å²) in [5.74, 6) is 0.936. The van der Waals surface area contributed by atoms with E-state index in [1.807, 2.05) is 44.1 Å². The summed E-state index contributed by atoms with van der Waals surface area (Å²) in [6, 6.07) is 8.07.